The van der Waals surface area contributed by atoms with Crippen LogP contribution in [0, 0.1) is 11.7 Å². The first-order valence-electron chi connectivity index (χ1n) is 9.29. The van der Waals surface area contributed by atoms with E-state index < -0.39 is 0 Å². The summed E-state index contributed by atoms with van der Waals surface area (Å²) in [5.74, 6) is 0.339. The molecule has 1 aromatic rings. The number of amides is 2. The molecule has 136 valence electrons. The monoisotopic (exact) mass is 347 g/mol. The van der Waals surface area contributed by atoms with Crippen molar-refractivity contribution in [2.45, 2.75) is 25.4 Å². The Morgan fingerprint density at radius 3 is 2.60 bits per heavy atom. The molecule has 2 atom stereocenters. The molecule has 4 fully saturated rings. The van der Waals surface area contributed by atoms with Crippen LogP contribution in [0.5, 0.6) is 0 Å². The SMILES string of the molecule is O=C(N1CCOCC1)N1C[C@H]2CC[C@@H]1CN(Cc1ccc(F)cc1)C2. The molecule has 4 aliphatic rings. The summed E-state index contributed by atoms with van der Waals surface area (Å²) in [6, 6.07) is 7.24. The Morgan fingerprint density at radius 2 is 1.84 bits per heavy atom. The number of piperidine rings is 1. The molecule has 0 aliphatic carbocycles. The Bertz CT molecular complexity index is 603. The predicted molar refractivity (Wildman–Crippen MR) is 92.7 cm³/mol. The molecule has 1 aromatic carbocycles. The zero-order valence-corrected chi connectivity index (χ0v) is 14.6. The minimum absolute atomic E-state index is 0.182. The molecule has 5 rings (SSSR count). The van der Waals surface area contributed by atoms with E-state index in [1.807, 2.05) is 17.0 Å². The molecule has 0 spiro atoms. The minimum atomic E-state index is -0.193. The summed E-state index contributed by atoms with van der Waals surface area (Å²) in [5.41, 5.74) is 1.13. The molecule has 5 nitrogen and oxygen atoms in total. The van der Waals surface area contributed by atoms with Crippen molar-refractivity contribution >= 4 is 6.03 Å². The van der Waals surface area contributed by atoms with Crippen LogP contribution in [0.25, 0.3) is 0 Å². The van der Waals surface area contributed by atoms with Gasteiger partial charge in [0.1, 0.15) is 5.82 Å². The van der Waals surface area contributed by atoms with Gasteiger partial charge in [0.05, 0.1) is 13.2 Å². The number of nitrogens with zero attached hydrogens (tertiary/aromatic N) is 3. The number of carbonyl (C=O) groups is 1. The van der Waals surface area contributed by atoms with Crippen molar-refractivity contribution in [3.05, 3.63) is 35.6 Å². The lowest BCUT2D eigenvalue weighted by molar-refractivity contribution is 0.0341. The fraction of sp³-hybridized carbons (Fsp3) is 0.632. The largest absolute Gasteiger partial charge is 0.378 e. The molecule has 0 aromatic heterocycles. The van der Waals surface area contributed by atoms with Gasteiger partial charge in [0.2, 0.25) is 0 Å². The highest BCUT2D eigenvalue weighted by molar-refractivity contribution is 5.75. The van der Waals surface area contributed by atoms with Crippen LogP contribution in [0.15, 0.2) is 24.3 Å². The standard InChI is InChI=1S/C19H26FN3O2/c20-17-4-1-15(2-5-17)11-21-12-16-3-6-18(14-21)23(13-16)19(24)22-7-9-25-10-8-22/h1-2,4-5,16,18H,3,6-14H2/t16-,18+/m0/s1. The highest BCUT2D eigenvalue weighted by Gasteiger charge is 2.38. The molecule has 4 saturated heterocycles. The van der Waals surface area contributed by atoms with Crippen LogP contribution in [0.1, 0.15) is 18.4 Å². The van der Waals surface area contributed by atoms with Gasteiger partial charge in [0, 0.05) is 45.3 Å². The Labute approximate surface area is 148 Å². The maximum absolute atomic E-state index is 13.1. The van der Waals surface area contributed by atoms with Gasteiger partial charge in [-0.1, -0.05) is 12.1 Å². The summed E-state index contributed by atoms with van der Waals surface area (Å²) in [5, 5.41) is 0. The van der Waals surface area contributed by atoms with Crippen molar-refractivity contribution in [3.8, 4) is 0 Å². The lowest BCUT2D eigenvalue weighted by Crippen LogP contribution is -2.54. The normalized spacial score (nSPS) is 27.4. The number of ether oxygens (including phenoxy) is 1. The van der Waals surface area contributed by atoms with Crippen LogP contribution in [0.2, 0.25) is 0 Å². The number of carbonyl (C=O) groups excluding carboxylic acids is 1. The molecule has 4 heterocycles. The van der Waals surface area contributed by atoms with Crippen LogP contribution < -0.4 is 0 Å². The van der Waals surface area contributed by atoms with Gasteiger partial charge in [0.25, 0.3) is 0 Å². The highest BCUT2D eigenvalue weighted by atomic mass is 19.1. The first-order valence-corrected chi connectivity index (χ1v) is 9.29. The molecule has 2 amide bonds. The van der Waals surface area contributed by atoms with Gasteiger partial charge in [-0.2, -0.15) is 0 Å². The van der Waals surface area contributed by atoms with Crippen LogP contribution in [0.3, 0.4) is 0 Å². The molecule has 0 radical (unpaired) electrons. The number of fused-ring (bicyclic) bond motifs is 4. The van der Waals surface area contributed by atoms with E-state index >= 15 is 0 Å². The average molecular weight is 347 g/mol. The average Bonchev–Trinajstić information content (AvgIpc) is 2.94. The van der Waals surface area contributed by atoms with E-state index in [0.29, 0.717) is 32.2 Å². The summed E-state index contributed by atoms with van der Waals surface area (Å²) >= 11 is 0. The third-order valence-electron chi connectivity index (χ3n) is 5.64. The van der Waals surface area contributed by atoms with Crippen molar-refractivity contribution < 1.29 is 13.9 Å². The quantitative estimate of drug-likeness (QED) is 0.823. The number of benzene rings is 1. The number of hydrogen-bond acceptors (Lipinski definition) is 3. The van der Waals surface area contributed by atoms with E-state index in [0.717, 1.165) is 38.2 Å². The smallest absolute Gasteiger partial charge is 0.320 e. The second kappa shape index (κ2) is 7.30. The van der Waals surface area contributed by atoms with Gasteiger partial charge in [-0.05, 0) is 36.5 Å². The Balaban J connectivity index is 1.43. The lowest BCUT2D eigenvalue weighted by Gasteiger charge is -2.40. The fourth-order valence-corrected chi connectivity index (χ4v) is 4.33. The fourth-order valence-electron chi connectivity index (χ4n) is 4.33. The van der Waals surface area contributed by atoms with E-state index in [4.69, 9.17) is 4.74 Å². The lowest BCUT2D eigenvalue weighted by atomic mass is 9.95. The summed E-state index contributed by atoms with van der Waals surface area (Å²) < 4.78 is 18.5. The number of morpholine rings is 1. The maximum Gasteiger partial charge on any atom is 0.320 e. The van der Waals surface area contributed by atoms with Crippen molar-refractivity contribution in [2.24, 2.45) is 5.92 Å². The third-order valence-corrected chi connectivity index (χ3v) is 5.64. The molecule has 4 aliphatic heterocycles. The number of urea groups is 1. The van der Waals surface area contributed by atoms with Gasteiger partial charge in [-0.25, -0.2) is 9.18 Å². The number of hydrogen-bond donors (Lipinski definition) is 0. The Kier molecular flexibility index (Phi) is 4.90. The molecule has 2 bridgehead atoms. The Morgan fingerprint density at radius 1 is 1.08 bits per heavy atom. The van der Waals surface area contributed by atoms with Crippen molar-refractivity contribution in [2.75, 3.05) is 45.9 Å². The van der Waals surface area contributed by atoms with Gasteiger partial charge in [-0.3, -0.25) is 4.90 Å². The van der Waals surface area contributed by atoms with Crippen LogP contribution in [-0.4, -0.2) is 72.7 Å². The molecule has 0 N–H and O–H groups in total. The molecule has 25 heavy (non-hydrogen) atoms. The van der Waals surface area contributed by atoms with Crippen molar-refractivity contribution in [1.29, 1.82) is 0 Å². The minimum Gasteiger partial charge on any atom is -0.378 e. The zero-order chi connectivity index (χ0) is 17.2. The van der Waals surface area contributed by atoms with E-state index in [2.05, 4.69) is 9.80 Å². The Hall–Kier alpha value is -1.66. The molecular formula is C19H26FN3O2. The summed E-state index contributed by atoms with van der Waals surface area (Å²) in [4.78, 5) is 19.4. The number of rotatable bonds is 2. The first kappa shape index (κ1) is 16.8. The second-order valence-corrected chi connectivity index (χ2v) is 7.45. The topological polar surface area (TPSA) is 36.0 Å². The van der Waals surface area contributed by atoms with E-state index in [1.54, 1.807) is 0 Å². The van der Waals surface area contributed by atoms with Crippen molar-refractivity contribution in [3.63, 3.8) is 0 Å². The summed E-state index contributed by atoms with van der Waals surface area (Å²) in [6.45, 7) is 6.30. The van der Waals surface area contributed by atoms with Crippen molar-refractivity contribution in [1.82, 2.24) is 14.7 Å². The summed E-state index contributed by atoms with van der Waals surface area (Å²) in [6.07, 6.45) is 2.28. The van der Waals surface area contributed by atoms with Gasteiger partial charge >= 0.3 is 6.03 Å². The summed E-state index contributed by atoms with van der Waals surface area (Å²) in [7, 11) is 0. The molecule has 0 saturated carbocycles. The van der Waals surface area contributed by atoms with E-state index in [1.165, 1.54) is 18.6 Å². The van der Waals surface area contributed by atoms with Gasteiger partial charge in [-0.15, -0.1) is 0 Å². The third kappa shape index (κ3) is 3.80. The maximum atomic E-state index is 13.1. The van der Waals surface area contributed by atoms with Crippen LogP contribution in [-0.2, 0) is 11.3 Å². The van der Waals surface area contributed by atoms with Crippen LogP contribution >= 0.6 is 0 Å². The molecule has 6 heteroatoms. The van der Waals surface area contributed by atoms with E-state index in [9.17, 15) is 9.18 Å². The zero-order valence-electron chi connectivity index (χ0n) is 14.6. The van der Waals surface area contributed by atoms with Gasteiger partial charge in [0.15, 0.2) is 0 Å². The highest BCUT2D eigenvalue weighted by Crippen LogP contribution is 2.29. The predicted octanol–water partition coefficient (Wildman–Crippen LogP) is 2.17. The second-order valence-electron chi connectivity index (χ2n) is 7.45. The van der Waals surface area contributed by atoms with Crippen LogP contribution in [0.4, 0.5) is 9.18 Å². The van der Waals surface area contributed by atoms with E-state index in [-0.39, 0.29) is 17.9 Å². The molecular weight excluding hydrogens is 321 g/mol. The first-order chi connectivity index (χ1) is 12.2. The molecule has 0 unspecified atom stereocenters. The number of halogens is 1. The van der Waals surface area contributed by atoms with Gasteiger partial charge < -0.3 is 14.5 Å².